The molecule has 1 amide bonds. The molecule has 1 N–H and O–H groups in total. The van der Waals surface area contributed by atoms with Crippen LogP contribution < -0.4 is 14.9 Å². The molecule has 0 bridgehead atoms. The minimum absolute atomic E-state index is 0.191. The van der Waals surface area contributed by atoms with Crippen LogP contribution in [0.2, 0.25) is 0 Å². The largest absolute Gasteiger partial charge is 0.493 e. The molecule has 1 aromatic heterocycles. The summed E-state index contributed by atoms with van der Waals surface area (Å²) in [6.07, 6.45) is 2.92. The topological polar surface area (TPSA) is 89.9 Å². The Hall–Kier alpha value is -4.07. The van der Waals surface area contributed by atoms with Crippen molar-refractivity contribution in [2.45, 2.75) is 0 Å². The van der Waals surface area contributed by atoms with Crippen LogP contribution in [0, 0.1) is 5.82 Å². The second kappa shape index (κ2) is 9.23. The monoisotopic (exact) mass is 393 g/mol. The van der Waals surface area contributed by atoms with Gasteiger partial charge in [0.05, 0.1) is 18.9 Å². The summed E-state index contributed by atoms with van der Waals surface area (Å²) in [6.45, 7) is 0. The van der Waals surface area contributed by atoms with Gasteiger partial charge in [-0.05, 0) is 60.2 Å². The number of halogens is 1. The molecule has 0 aliphatic carbocycles. The Morgan fingerprint density at radius 2 is 1.86 bits per heavy atom. The zero-order valence-corrected chi connectivity index (χ0v) is 15.3. The number of ether oxygens (including phenoxy) is 2. The van der Waals surface area contributed by atoms with Crippen molar-refractivity contribution in [1.29, 1.82) is 0 Å². The van der Waals surface area contributed by atoms with Crippen molar-refractivity contribution in [3.8, 4) is 11.5 Å². The molecule has 8 heteroatoms. The molecule has 0 spiro atoms. The van der Waals surface area contributed by atoms with Gasteiger partial charge in [-0.3, -0.25) is 9.78 Å². The standard InChI is InChI=1S/C21H16FN3O4/c1-28-19-12-14(13-24-25-20(26)17-4-2-3-11-23-17)5-10-18(19)29-21(27)15-6-8-16(22)9-7-15/h2-13H,1H3,(H,25,26)/b24-13-. The molecule has 3 rings (SSSR count). The lowest BCUT2D eigenvalue weighted by molar-refractivity contribution is 0.0729. The summed E-state index contributed by atoms with van der Waals surface area (Å²) >= 11 is 0. The molecule has 146 valence electrons. The number of pyridine rings is 1. The highest BCUT2D eigenvalue weighted by atomic mass is 19.1. The van der Waals surface area contributed by atoms with Crippen LogP contribution in [-0.2, 0) is 0 Å². The van der Waals surface area contributed by atoms with Crippen molar-refractivity contribution in [3.63, 3.8) is 0 Å². The first-order valence-electron chi connectivity index (χ1n) is 8.47. The number of rotatable bonds is 6. The summed E-state index contributed by atoms with van der Waals surface area (Å²) in [4.78, 5) is 28.0. The number of nitrogens with zero attached hydrogens (tertiary/aromatic N) is 2. The number of carbonyl (C=O) groups is 2. The van der Waals surface area contributed by atoms with E-state index in [1.54, 1.807) is 30.3 Å². The molecule has 0 radical (unpaired) electrons. The molecule has 7 nitrogen and oxygen atoms in total. The number of hydrazone groups is 1. The molecule has 0 unspecified atom stereocenters. The number of hydrogen-bond donors (Lipinski definition) is 1. The second-order valence-electron chi connectivity index (χ2n) is 5.72. The molecule has 1 heterocycles. The first-order valence-corrected chi connectivity index (χ1v) is 8.47. The van der Waals surface area contributed by atoms with Crippen molar-refractivity contribution < 1.29 is 23.5 Å². The molecule has 3 aromatic rings. The molecular formula is C21H16FN3O4. The van der Waals surface area contributed by atoms with Crippen LogP contribution in [0.3, 0.4) is 0 Å². The molecule has 0 atom stereocenters. The number of methoxy groups -OCH3 is 1. The van der Waals surface area contributed by atoms with E-state index in [0.29, 0.717) is 11.3 Å². The zero-order chi connectivity index (χ0) is 20.6. The third-order valence-electron chi connectivity index (χ3n) is 3.75. The van der Waals surface area contributed by atoms with Crippen molar-refractivity contribution >= 4 is 18.1 Å². The average molecular weight is 393 g/mol. The quantitative estimate of drug-likeness (QED) is 0.301. The lowest BCUT2D eigenvalue weighted by Gasteiger charge is -2.10. The Kier molecular flexibility index (Phi) is 6.26. The van der Waals surface area contributed by atoms with Gasteiger partial charge in [-0.1, -0.05) is 6.07 Å². The van der Waals surface area contributed by atoms with E-state index in [2.05, 4.69) is 15.5 Å². The van der Waals surface area contributed by atoms with Crippen LogP contribution in [0.25, 0.3) is 0 Å². The summed E-state index contributed by atoms with van der Waals surface area (Å²) in [5, 5.41) is 3.88. The molecule has 0 saturated heterocycles. The van der Waals surface area contributed by atoms with Crippen LogP contribution in [0.5, 0.6) is 11.5 Å². The number of hydrogen-bond acceptors (Lipinski definition) is 6. The van der Waals surface area contributed by atoms with Crippen LogP contribution in [-0.4, -0.2) is 30.2 Å². The van der Waals surface area contributed by atoms with E-state index in [-0.39, 0.29) is 17.0 Å². The van der Waals surface area contributed by atoms with Gasteiger partial charge in [0.1, 0.15) is 11.5 Å². The number of carbonyl (C=O) groups excluding carboxylic acids is 2. The van der Waals surface area contributed by atoms with Gasteiger partial charge in [-0.2, -0.15) is 5.10 Å². The highest BCUT2D eigenvalue weighted by Crippen LogP contribution is 2.28. The Bertz CT molecular complexity index is 1040. The lowest BCUT2D eigenvalue weighted by atomic mass is 10.2. The first-order chi connectivity index (χ1) is 14.1. The van der Waals surface area contributed by atoms with E-state index in [0.717, 1.165) is 0 Å². The maximum absolute atomic E-state index is 13.0. The van der Waals surface area contributed by atoms with E-state index in [1.165, 1.54) is 49.9 Å². The third kappa shape index (κ3) is 5.23. The molecule has 0 fully saturated rings. The maximum atomic E-state index is 13.0. The van der Waals surface area contributed by atoms with E-state index in [4.69, 9.17) is 9.47 Å². The van der Waals surface area contributed by atoms with Gasteiger partial charge < -0.3 is 9.47 Å². The summed E-state index contributed by atoms with van der Waals surface area (Å²) in [6, 6.07) is 14.7. The molecule has 2 aromatic carbocycles. The highest BCUT2D eigenvalue weighted by molar-refractivity contribution is 5.93. The number of benzene rings is 2. The van der Waals surface area contributed by atoms with Gasteiger partial charge in [0.15, 0.2) is 11.5 Å². The molecular weight excluding hydrogens is 377 g/mol. The molecule has 29 heavy (non-hydrogen) atoms. The Morgan fingerprint density at radius 3 is 2.55 bits per heavy atom. The van der Waals surface area contributed by atoms with Gasteiger partial charge in [0.2, 0.25) is 0 Å². The van der Waals surface area contributed by atoms with E-state index >= 15 is 0 Å². The molecule has 0 aliphatic heterocycles. The van der Waals surface area contributed by atoms with Gasteiger partial charge in [-0.25, -0.2) is 14.6 Å². The summed E-state index contributed by atoms with van der Waals surface area (Å²) in [7, 11) is 1.42. The zero-order valence-electron chi connectivity index (χ0n) is 15.3. The fraction of sp³-hybridized carbons (Fsp3) is 0.0476. The van der Waals surface area contributed by atoms with Crippen molar-refractivity contribution in [2.75, 3.05) is 7.11 Å². The van der Waals surface area contributed by atoms with Gasteiger partial charge >= 0.3 is 5.97 Å². The van der Waals surface area contributed by atoms with Crippen LogP contribution in [0.4, 0.5) is 4.39 Å². The maximum Gasteiger partial charge on any atom is 0.343 e. The SMILES string of the molecule is COc1cc(/C=N\NC(=O)c2ccccn2)ccc1OC(=O)c1ccc(F)cc1. The molecule has 0 aliphatic rings. The van der Waals surface area contributed by atoms with Crippen molar-refractivity contribution in [2.24, 2.45) is 5.10 Å². The second-order valence-corrected chi connectivity index (χ2v) is 5.72. The predicted molar refractivity (Wildman–Crippen MR) is 104 cm³/mol. The Balaban J connectivity index is 1.67. The first kappa shape index (κ1) is 19.7. The predicted octanol–water partition coefficient (Wildman–Crippen LogP) is 3.21. The number of aromatic nitrogens is 1. The van der Waals surface area contributed by atoms with E-state index < -0.39 is 17.7 Å². The highest BCUT2D eigenvalue weighted by Gasteiger charge is 2.13. The normalized spacial score (nSPS) is 10.6. The van der Waals surface area contributed by atoms with Crippen LogP contribution in [0.1, 0.15) is 26.4 Å². The minimum Gasteiger partial charge on any atom is -0.493 e. The summed E-state index contributed by atoms with van der Waals surface area (Å²) in [5.41, 5.74) is 3.42. The number of nitrogens with one attached hydrogen (secondary N) is 1. The third-order valence-corrected chi connectivity index (χ3v) is 3.75. The van der Waals surface area contributed by atoms with Gasteiger partial charge in [0.25, 0.3) is 5.91 Å². The number of amides is 1. The van der Waals surface area contributed by atoms with Crippen molar-refractivity contribution in [1.82, 2.24) is 10.4 Å². The van der Waals surface area contributed by atoms with E-state index in [1.807, 2.05) is 0 Å². The van der Waals surface area contributed by atoms with Crippen molar-refractivity contribution in [3.05, 3.63) is 89.5 Å². The van der Waals surface area contributed by atoms with Crippen LogP contribution in [0.15, 0.2) is 72.0 Å². The van der Waals surface area contributed by atoms with E-state index in [9.17, 15) is 14.0 Å². The summed E-state index contributed by atoms with van der Waals surface area (Å²) < 4.78 is 23.5. The lowest BCUT2D eigenvalue weighted by Crippen LogP contribution is -2.18. The van der Waals surface area contributed by atoms with Gasteiger partial charge in [0, 0.05) is 6.20 Å². The fourth-order valence-electron chi connectivity index (χ4n) is 2.31. The fourth-order valence-corrected chi connectivity index (χ4v) is 2.31. The minimum atomic E-state index is -0.646. The Morgan fingerprint density at radius 1 is 1.07 bits per heavy atom. The Labute approximate surface area is 165 Å². The average Bonchev–Trinajstić information content (AvgIpc) is 2.75. The smallest absolute Gasteiger partial charge is 0.343 e. The molecule has 0 saturated carbocycles. The van der Waals surface area contributed by atoms with Gasteiger partial charge in [-0.15, -0.1) is 0 Å². The summed E-state index contributed by atoms with van der Waals surface area (Å²) in [5.74, 6) is -1.05. The van der Waals surface area contributed by atoms with Crippen LogP contribution >= 0.6 is 0 Å². The number of esters is 1.